The van der Waals surface area contributed by atoms with Gasteiger partial charge in [-0.25, -0.2) is 32.7 Å². The summed E-state index contributed by atoms with van der Waals surface area (Å²) in [6.45, 7) is 1.41. The van der Waals surface area contributed by atoms with E-state index in [2.05, 4.69) is 15.0 Å². The van der Waals surface area contributed by atoms with E-state index in [1.807, 2.05) is 0 Å². The lowest BCUT2D eigenvalue weighted by Crippen LogP contribution is -2.57. The first-order valence-electron chi connectivity index (χ1n) is 14.9. The zero-order valence-corrected chi connectivity index (χ0v) is 27.1. The fourth-order valence-electron chi connectivity index (χ4n) is 5.89. The molecular formula is C33H26ClF6N5O5. The molecule has 10 nitrogen and oxygen atoms in total. The van der Waals surface area contributed by atoms with Crippen molar-refractivity contribution in [3.8, 4) is 28.1 Å². The number of aromatic carboxylic acids is 1. The van der Waals surface area contributed by atoms with E-state index in [-0.39, 0.29) is 62.5 Å². The Labute approximate surface area is 285 Å². The van der Waals surface area contributed by atoms with E-state index in [4.69, 9.17) is 21.1 Å². The maximum atomic E-state index is 15.5. The number of ether oxygens (including phenoxy) is 2. The molecular weight excluding hydrogens is 696 g/mol. The van der Waals surface area contributed by atoms with E-state index < -0.39 is 60.8 Å². The highest BCUT2D eigenvalue weighted by molar-refractivity contribution is 6.33. The lowest BCUT2D eigenvalue weighted by molar-refractivity contribution is -0.137. The first-order valence-corrected chi connectivity index (χ1v) is 15.3. The Bertz CT molecular complexity index is 2020. The van der Waals surface area contributed by atoms with Crippen molar-refractivity contribution in [3.63, 3.8) is 0 Å². The molecule has 0 radical (unpaired) electrons. The molecule has 50 heavy (non-hydrogen) atoms. The van der Waals surface area contributed by atoms with Crippen molar-refractivity contribution in [3.05, 3.63) is 87.6 Å². The van der Waals surface area contributed by atoms with Gasteiger partial charge in [-0.15, -0.1) is 0 Å². The average molecular weight is 722 g/mol. The molecule has 0 aliphatic carbocycles. The zero-order valence-electron chi connectivity index (χ0n) is 26.4. The number of cyclic esters (lactones) is 1. The highest BCUT2D eigenvalue weighted by Crippen LogP contribution is 2.42. The maximum absolute atomic E-state index is 15.5. The predicted molar refractivity (Wildman–Crippen MR) is 167 cm³/mol. The Morgan fingerprint density at radius 1 is 1.08 bits per heavy atom. The molecule has 262 valence electrons. The topological polar surface area (TPSA) is 118 Å². The molecule has 4 aromatic rings. The second-order valence-corrected chi connectivity index (χ2v) is 12.3. The highest BCUT2D eigenvalue weighted by atomic mass is 35.5. The van der Waals surface area contributed by atoms with Crippen molar-refractivity contribution in [2.24, 2.45) is 0 Å². The van der Waals surface area contributed by atoms with Crippen LogP contribution < -0.4 is 9.64 Å². The smallest absolute Gasteiger partial charge is 0.416 e. The molecule has 1 N–H and O–H groups in total. The van der Waals surface area contributed by atoms with Gasteiger partial charge < -0.3 is 19.5 Å². The van der Waals surface area contributed by atoms with Crippen LogP contribution in [0.2, 0.25) is 5.02 Å². The molecule has 0 spiro atoms. The van der Waals surface area contributed by atoms with E-state index in [1.165, 1.54) is 42.2 Å². The Kier molecular flexibility index (Phi) is 8.78. The molecule has 2 aromatic carbocycles. The molecule has 2 aliphatic rings. The van der Waals surface area contributed by atoms with Gasteiger partial charge in [-0.2, -0.15) is 13.2 Å². The van der Waals surface area contributed by atoms with Gasteiger partial charge in [-0.1, -0.05) is 23.2 Å². The van der Waals surface area contributed by atoms with E-state index in [0.717, 1.165) is 30.5 Å². The number of hydrogen-bond donors (Lipinski definition) is 1. The number of amides is 1. The summed E-state index contributed by atoms with van der Waals surface area (Å²) < 4.78 is 94.9. The Balaban J connectivity index is 1.43. The second kappa shape index (κ2) is 12.6. The summed E-state index contributed by atoms with van der Waals surface area (Å²) in [4.78, 5) is 39.9. The predicted octanol–water partition coefficient (Wildman–Crippen LogP) is 7.57. The van der Waals surface area contributed by atoms with Crippen molar-refractivity contribution < 1.29 is 50.5 Å². The molecule has 0 bridgehead atoms. The number of aromatic nitrogens is 3. The third-order valence-corrected chi connectivity index (χ3v) is 8.66. The SMILES string of the molecule is COc1cc(F)c(-c2ncc(C(=O)O)cc2Cl)cc1-c1cnc(N2CC(F)(F)C2)nc1CN1C(=O)O[C@H](c2cc(C)cc(C(F)(F)F)c2)[C@@H]1C. The molecule has 6 rings (SSSR count). The minimum atomic E-state index is -4.64. The number of nitrogens with zero attached hydrogens (tertiary/aromatic N) is 5. The quantitative estimate of drug-likeness (QED) is 0.184. The lowest BCUT2D eigenvalue weighted by Gasteiger charge is -2.38. The van der Waals surface area contributed by atoms with Gasteiger partial charge in [0.1, 0.15) is 17.7 Å². The molecule has 4 heterocycles. The summed E-state index contributed by atoms with van der Waals surface area (Å²) in [6, 6.07) is 5.98. The molecule has 2 atom stereocenters. The standard InChI is InChI=1S/C33H26ClF6N5O5/c1-15-4-17(6-19(5-15)33(38,39)40)28-16(2)45(31(48)50-28)12-25-22(11-42-30(43-25)44-13-32(36,37)14-44)20-8-21(24(35)9-26(20)49-3)27-23(34)7-18(10-41-27)29(46)47/h4-11,16,28H,12-14H2,1-3H3,(H,46,47)/t16-,28-/m0/s1. The fraction of sp³-hybridized carbons (Fsp3) is 0.303. The van der Waals surface area contributed by atoms with Crippen molar-refractivity contribution >= 4 is 29.6 Å². The molecule has 1 amide bonds. The van der Waals surface area contributed by atoms with Gasteiger partial charge in [0, 0.05) is 35.2 Å². The molecule has 0 unspecified atom stereocenters. The van der Waals surface area contributed by atoms with E-state index in [9.17, 15) is 36.6 Å². The molecule has 2 aliphatic heterocycles. The number of carboxylic acid groups (broad SMARTS) is 1. The monoisotopic (exact) mass is 721 g/mol. The van der Waals surface area contributed by atoms with Crippen LogP contribution in [0.25, 0.3) is 22.4 Å². The van der Waals surface area contributed by atoms with Gasteiger partial charge in [0.05, 0.1) is 60.3 Å². The largest absolute Gasteiger partial charge is 0.496 e. The minimum absolute atomic E-state index is 0.0213. The van der Waals surface area contributed by atoms with E-state index >= 15 is 4.39 Å². The molecule has 0 saturated carbocycles. The number of aryl methyl sites for hydroxylation is 1. The van der Waals surface area contributed by atoms with Gasteiger partial charge in [-0.3, -0.25) is 9.88 Å². The van der Waals surface area contributed by atoms with Crippen LogP contribution in [-0.4, -0.2) is 69.2 Å². The summed E-state index contributed by atoms with van der Waals surface area (Å²) in [7, 11) is 1.27. The highest BCUT2D eigenvalue weighted by Gasteiger charge is 2.46. The normalized spacial score (nSPS) is 18.6. The van der Waals surface area contributed by atoms with E-state index in [1.54, 1.807) is 6.92 Å². The van der Waals surface area contributed by atoms with Crippen LogP contribution in [0.3, 0.4) is 0 Å². The molecule has 17 heteroatoms. The van der Waals surface area contributed by atoms with Crippen LogP contribution in [0.1, 0.15) is 45.8 Å². The van der Waals surface area contributed by atoms with E-state index in [0.29, 0.717) is 5.56 Å². The number of pyridine rings is 1. The Morgan fingerprint density at radius 2 is 1.80 bits per heavy atom. The molecule has 2 saturated heterocycles. The average Bonchev–Trinajstić information content (AvgIpc) is 3.31. The number of carbonyl (C=O) groups excluding carboxylic acids is 1. The van der Waals surface area contributed by atoms with Gasteiger partial charge in [0.25, 0.3) is 5.92 Å². The Hall–Kier alpha value is -5.12. The first-order chi connectivity index (χ1) is 23.5. The van der Waals surface area contributed by atoms with Crippen molar-refractivity contribution in [2.75, 3.05) is 25.1 Å². The summed E-state index contributed by atoms with van der Waals surface area (Å²) in [5.74, 6) is -5.21. The second-order valence-electron chi connectivity index (χ2n) is 11.9. The van der Waals surface area contributed by atoms with Crippen LogP contribution in [0.15, 0.2) is 48.8 Å². The van der Waals surface area contributed by atoms with Crippen LogP contribution >= 0.6 is 11.6 Å². The maximum Gasteiger partial charge on any atom is 0.416 e. The van der Waals surface area contributed by atoms with Crippen molar-refractivity contribution in [1.29, 1.82) is 0 Å². The summed E-state index contributed by atoms with van der Waals surface area (Å²) >= 11 is 6.30. The minimum Gasteiger partial charge on any atom is -0.496 e. The number of methoxy groups -OCH3 is 1. The van der Waals surface area contributed by atoms with Crippen LogP contribution in [0.4, 0.5) is 37.1 Å². The van der Waals surface area contributed by atoms with Gasteiger partial charge >= 0.3 is 18.2 Å². The summed E-state index contributed by atoms with van der Waals surface area (Å²) in [5, 5.41) is 9.12. The number of carbonyl (C=O) groups is 2. The number of halogens is 7. The third kappa shape index (κ3) is 6.58. The number of carboxylic acids is 1. The Morgan fingerprint density at radius 3 is 2.42 bits per heavy atom. The number of benzene rings is 2. The van der Waals surface area contributed by atoms with Gasteiger partial charge in [0.2, 0.25) is 5.95 Å². The zero-order chi connectivity index (χ0) is 36.3. The van der Waals surface area contributed by atoms with Crippen LogP contribution in [0.5, 0.6) is 5.75 Å². The fourth-order valence-corrected chi connectivity index (χ4v) is 6.16. The molecule has 2 fully saturated rings. The number of alkyl halides is 5. The number of rotatable bonds is 8. The summed E-state index contributed by atoms with van der Waals surface area (Å²) in [5.41, 5.74) is -0.542. The van der Waals surface area contributed by atoms with Crippen LogP contribution in [-0.2, 0) is 17.5 Å². The van der Waals surface area contributed by atoms with Crippen molar-refractivity contribution in [2.45, 2.75) is 44.6 Å². The summed E-state index contributed by atoms with van der Waals surface area (Å²) in [6.07, 6.45) is -4.33. The van der Waals surface area contributed by atoms with Gasteiger partial charge in [0.15, 0.2) is 0 Å². The first kappa shape index (κ1) is 34.7. The number of hydrogen-bond acceptors (Lipinski definition) is 8. The van der Waals surface area contributed by atoms with Gasteiger partial charge in [-0.05, 0) is 43.7 Å². The van der Waals surface area contributed by atoms with Crippen LogP contribution in [0, 0.1) is 12.7 Å². The number of anilines is 1. The van der Waals surface area contributed by atoms with Crippen molar-refractivity contribution in [1.82, 2.24) is 19.9 Å². The third-order valence-electron chi connectivity index (χ3n) is 8.37. The molecule has 2 aromatic heterocycles. The lowest BCUT2D eigenvalue weighted by atomic mass is 9.97.